The highest BCUT2D eigenvalue weighted by molar-refractivity contribution is 5.78. The second kappa shape index (κ2) is 5.69. The van der Waals surface area contributed by atoms with Gasteiger partial charge in [-0.1, -0.05) is 12.1 Å². The molecule has 0 atom stereocenters. The fraction of sp³-hybridized carbons (Fsp3) is 0.333. The van der Waals surface area contributed by atoms with Crippen LogP contribution in [0.4, 0.5) is 0 Å². The molecule has 0 radical (unpaired) electrons. The molecule has 4 heteroatoms. The van der Waals surface area contributed by atoms with Crippen LogP contribution >= 0.6 is 0 Å². The second-order valence-corrected chi connectivity index (χ2v) is 4.56. The van der Waals surface area contributed by atoms with Crippen LogP contribution in [0.15, 0.2) is 28.7 Å². The molecule has 0 unspecified atom stereocenters. The molecule has 0 spiro atoms. The van der Waals surface area contributed by atoms with E-state index in [1.165, 1.54) is 0 Å². The molecule has 0 aliphatic heterocycles. The lowest BCUT2D eigenvalue weighted by atomic mass is 10.1. The van der Waals surface area contributed by atoms with Crippen LogP contribution in [0.3, 0.4) is 0 Å². The Kier molecular flexibility index (Phi) is 4.00. The molecule has 0 aliphatic rings. The van der Waals surface area contributed by atoms with Crippen LogP contribution in [0.1, 0.15) is 29.8 Å². The minimum Gasteiger partial charge on any atom is -0.484 e. The lowest BCUT2D eigenvalue weighted by molar-refractivity contribution is -0.116. The number of oxazole rings is 1. The Morgan fingerprint density at radius 3 is 2.47 bits per heavy atom. The van der Waals surface area contributed by atoms with Gasteiger partial charge in [0, 0.05) is 6.42 Å². The van der Waals surface area contributed by atoms with Crippen molar-refractivity contribution in [3.63, 3.8) is 0 Å². The number of aryl methyl sites for hydroxylation is 2. The van der Waals surface area contributed by atoms with Gasteiger partial charge in [0.15, 0.2) is 6.61 Å². The molecule has 0 saturated carbocycles. The van der Waals surface area contributed by atoms with Gasteiger partial charge in [0.2, 0.25) is 5.89 Å². The summed E-state index contributed by atoms with van der Waals surface area (Å²) in [6.45, 7) is 5.67. The highest BCUT2D eigenvalue weighted by Crippen LogP contribution is 2.15. The van der Waals surface area contributed by atoms with Crippen molar-refractivity contribution >= 4 is 5.78 Å². The van der Waals surface area contributed by atoms with E-state index in [4.69, 9.17) is 9.15 Å². The average Bonchev–Trinajstić information content (AvgIpc) is 2.67. The number of Topliss-reactive ketones (excluding diaryl/α,β-unsaturated/α-hetero) is 1. The van der Waals surface area contributed by atoms with E-state index in [-0.39, 0.29) is 5.78 Å². The van der Waals surface area contributed by atoms with Crippen molar-refractivity contribution in [2.24, 2.45) is 0 Å². The van der Waals surface area contributed by atoms with Gasteiger partial charge in [-0.3, -0.25) is 4.79 Å². The minimum absolute atomic E-state index is 0.152. The predicted octanol–water partition coefficient (Wildman–Crippen LogP) is 3.00. The first-order chi connectivity index (χ1) is 9.04. The van der Waals surface area contributed by atoms with E-state index in [1.54, 1.807) is 6.92 Å². The van der Waals surface area contributed by atoms with Crippen molar-refractivity contribution in [1.82, 2.24) is 4.98 Å². The number of hydrogen-bond donors (Lipinski definition) is 0. The fourth-order valence-electron chi connectivity index (χ4n) is 1.74. The number of aromatic nitrogens is 1. The summed E-state index contributed by atoms with van der Waals surface area (Å²) in [7, 11) is 0. The quantitative estimate of drug-likeness (QED) is 0.828. The van der Waals surface area contributed by atoms with Gasteiger partial charge in [0.25, 0.3) is 0 Å². The van der Waals surface area contributed by atoms with E-state index < -0.39 is 0 Å². The van der Waals surface area contributed by atoms with Crippen LogP contribution < -0.4 is 4.74 Å². The fourth-order valence-corrected chi connectivity index (χ4v) is 1.74. The first-order valence-electron chi connectivity index (χ1n) is 6.18. The largest absolute Gasteiger partial charge is 0.484 e. The molecule has 0 saturated heterocycles. The monoisotopic (exact) mass is 259 g/mol. The second-order valence-electron chi connectivity index (χ2n) is 4.56. The van der Waals surface area contributed by atoms with Crippen molar-refractivity contribution in [2.75, 3.05) is 0 Å². The highest BCUT2D eigenvalue weighted by atomic mass is 16.5. The summed E-state index contributed by atoms with van der Waals surface area (Å²) in [5, 5.41) is 0. The molecule has 100 valence electrons. The van der Waals surface area contributed by atoms with Crippen molar-refractivity contribution in [3.8, 4) is 5.75 Å². The van der Waals surface area contributed by atoms with E-state index >= 15 is 0 Å². The van der Waals surface area contributed by atoms with Crippen LogP contribution in [-0.4, -0.2) is 10.8 Å². The Bertz CT molecular complexity index is 550. The predicted molar refractivity (Wildman–Crippen MR) is 71.1 cm³/mol. The van der Waals surface area contributed by atoms with Gasteiger partial charge in [-0.2, -0.15) is 0 Å². The number of nitrogens with zero attached hydrogens (tertiary/aromatic N) is 1. The lowest BCUT2D eigenvalue weighted by Crippen LogP contribution is -1.98. The van der Waals surface area contributed by atoms with Crippen molar-refractivity contribution < 1.29 is 13.9 Å². The zero-order valence-corrected chi connectivity index (χ0v) is 11.4. The Morgan fingerprint density at radius 1 is 1.26 bits per heavy atom. The van der Waals surface area contributed by atoms with Crippen molar-refractivity contribution in [2.45, 2.75) is 33.8 Å². The standard InChI is InChI=1S/C15H17NO3/c1-10(17)8-13-4-6-14(7-5-13)18-9-15-16-11(2)12(3)19-15/h4-7H,8-9H2,1-3H3. The molecule has 19 heavy (non-hydrogen) atoms. The zero-order valence-electron chi connectivity index (χ0n) is 11.4. The van der Waals surface area contributed by atoms with Crippen molar-refractivity contribution in [1.29, 1.82) is 0 Å². The van der Waals surface area contributed by atoms with Gasteiger partial charge in [0.1, 0.15) is 17.3 Å². The Hall–Kier alpha value is -2.10. The Labute approximate surface area is 112 Å². The van der Waals surface area contributed by atoms with Gasteiger partial charge < -0.3 is 9.15 Å². The van der Waals surface area contributed by atoms with Crippen LogP contribution in [0.25, 0.3) is 0 Å². The van der Waals surface area contributed by atoms with Crippen molar-refractivity contribution in [3.05, 3.63) is 47.2 Å². The molecule has 0 amide bonds. The molecule has 0 aliphatic carbocycles. The third kappa shape index (κ3) is 3.68. The van der Waals surface area contributed by atoms with Gasteiger partial charge >= 0.3 is 0 Å². The number of hydrogen-bond acceptors (Lipinski definition) is 4. The van der Waals surface area contributed by atoms with E-state index in [0.29, 0.717) is 18.9 Å². The highest BCUT2D eigenvalue weighted by Gasteiger charge is 2.06. The minimum atomic E-state index is 0.152. The normalized spacial score (nSPS) is 10.5. The molecular weight excluding hydrogens is 242 g/mol. The van der Waals surface area contributed by atoms with E-state index in [0.717, 1.165) is 22.8 Å². The molecule has 1 aromatic heterocycles. The Morgan fingerprint density at radius 2 is 1.95 bits per heavy atom. The number of rotatable bonds is 5. The first-order valence-corrected chi connectivity index (χ1v) is 6.18. The SMILES string of the molecule is CC(=O)Cc1ccc(OCc2nc(C)c(C)o2)cc1. The molecule has 0 fully saturated rings. The summed E-state index contributed by atoms with van der Waals surface area (Å²) in [4.78, 5) is 15.2. The van der Waals surface area contributed by atoms with Crippen LogP contribution in [0.5, 0.6) is 5.75 Å². The molecule has 0 N–H and O–H groups in total. The molecule has 1 heterocycles. The molecule has 1 aromatic carbocycles. The summed E-state index contributed by atoms with van der Waals surface area (Å²) >= 11 is 0. The smallest absolute Gasteiger partial charge is 0.232 e. The summed E-state index contributed by atoms with van der Waals surface area (Å²) in [5.41, 5.74) is 1.87. The number of ketones is 1. The molecular formula is C15H17NO3. The molecule has 0 bridgehead atoms. The number of carbonyl (C=O) groups is 1. The average molecular weight is 259 g/mol. The summed E-state index contributed by atoms with van der Waals surface area (Å²) < 4.78 is 11.0. The van der Waals surface area contributed by atoms with Gasteiger partial charge in [0.05, 0.1) is 5.69 Å². The molecule has 4 nitrogen and oxygen atoms in total. The van der Waals surface area contributed by atoms with Crippen LogP contribution in [0, 0.1) is 13.8 Å². The Balaban J connectivity index is 1.94. The first kappa shape index (κ1) is 13.3. The van der Waals surface area contributed by atoms with E-state index in [1.807, 2.05) is 38.1 Å². The summed E-state index contributed by atoms with van der Waals surface area (Å²) in [5.74, 6) is 2.28. The van der Waals surface area contributed by atoms with Crippen LogP contribution in [-0.2, 0) is 17.8 Å². The molecule has 2 rings (SSSR count). The number of carbonyl (C=O) groups excluding carboxylic acids is 1. The summed E-state index contributed by atoms with van der Waals surface area (Å²) in [6.07, 6.45) is 0.457. The maximum atomic E-state index is 11.0. The number of ether oxygens (including phenoxy) is 1. The van der Waals surface area contributed by atoms with Gasteiger partial charge in [-0.05, 0) is 38.5 Å². The van der Waals surface area contributed by atoms with Crippen LogP contribution in [0.2, 0.25) is 0 Å². The third-order valence-electron chi connectivity index (χ3n) is 2.81. The topological polar surface area (TPSA) is 52.3 Å². The molecule has 2 aromatic rings. The zero-order chi connectivity index (χ0) is 13.8. The lowest BCUT2D eigenvalue weighted by Gasteiger charge is -2.04. The maximum absolute atomic E-state index is 11.0. The van der Waals surface area contributed by atoms with Gasteiger partial charge in [-0.15, -0.1) is 0 Å². The summed E-state index contributed by atoms with van der Waals surface area (Å²) in [6, 6.07) is 7.48. The van der Waals surface area contributed by atoms with E-state index in [9.17, 15) is 4.79 Å². The van der Waals surface area contributed by atoms with E-state index in [2.05, 4.69) is 4.98 Å². The van der Waals surface area contributed by atoms with Gasteiger partial charge in [-0.25, -0.2) is 4.98 Å². The number of benzene rings is 1. The third-order valence-corrected chi connectivity index (χ3v) is 2.81. The maximum Gasteiger partial charge on any atom is 0.232 e.